The standard InChI is InChI=1S/C19H17ClF4N2O4/c1-4-29-14(27)8-10-16(15-12(20)6-5-7-13(15)21)25-30-17(10)11(9-26(2)3)18(28)19(22,23)24/h5-7,9H,4,8H2,1-3H3. The van der Waals surface area contributed by atoms with Crippen molar-refractivity contribution in [2.24, 2.45) is 0 Å². The molecule has 0 radical (unpaired) electrons. The Morgan fingerprint density at radius 2 is 1.97 bits per heavy atom. The van der Waals surface area contributed by atoms with E-state index in [4.69, 9.17) is 20.9 Å². The first-order valence-corrected chi connectivity index (χ1v) is 8.93. The number of allylic oxidation sites excluding steroid dienone is 1. The van der Waals surface area contributed by atoms with Gasteiger partial charge in [0.25, 0.3) is 5.78 Å². The van der Waals surface area contributed by atoms with E-state index in [1.807, 2.05) is 0 Å². The molecule has 1 aromatic carbocycles. The summed E-state index contributed by atoms with van der Waals surface area (Å²) >= 11 is 6.03. The molecule has 0 spiro atoms. The van der Waals surface area contributed by atoms with Crippen LogP contribution < -0.4 is 0 Å². The summed E-state index contributed by atoms with van der Waals surface area (Å²) in [5.74, 6) is -4.52. The molecule has 0 saturated heterocycles. The largest absolute Gasteiger partial charge is 0.466 e. The van der Waals surface area contributed by atoms with E-state index < -0.39 is 41.5 Å². The van der Waals surface area contributed by atoms with Crippen LogP contribution in [0.15, 0.2) is 28.9 Å². The molecule has 2 aromatic rings. The fourth-order valence-corrected chi connectivity index (χ4v) is 2.85. The third kappa shape index (κ3) is 5.18. The number of alkyl halides is 3. The lowest BCUT2D eigenvalue weighted by Gasteiger charge is -2.13. The second-order valence-electron chi connectivity index (χ2n) is 6.25. The van der Waals surface area contributed by atoms with Gasteiger partial charge in [-0.3, -0.25) is 9.59 Å². The molecule has 0 fully saturated rings. The minimum Gasteiger partial charge on any atom is -0.466 e. The molecule has 1 heterocycles. The summed E-state index contributed by atoms with van der Waals surface area (Å²) in [5.41, 5.74) is -1.75. The second-order valence-corrected chi connectivity index (χ2v) is 6.66. The molecule has 0 aliphatic heterocycles. The van der Waals surface area contributed by atoms with E-state index in [2.05, 4.69) is 5.16 Å². The normalized spacial score (nSPS) is 12.1. The average Bonchev–Trinajstić information content (AvgIpc) is 3.01. The van der Waals surface area contributed by atoms with Gasteiger partial charge in [-0.15, -0.1) is 0 Å². The van der Waals surface area contributed by atoms with Gasteiger partial charge in [0.15, 0.2) is 5.76 Å². The first-order valence-electron chi connectivity index (χ1n) is 8.56. The lowest BCUT2D eigenvalue weighted by atomic mass is 9.98. The van der Waals surface area contributed by atoms with E-state index in [0.717, 1.165) is 12.3 Å². The number of ketones is 1. The van der Waals surface area contributed by atoms with Crippen LogP contribution >= 0.6 is 11.6 Å². The lowest BCUT2D eigenvalue weighted by molar-refractivity contribution is -0.164. The molecule has 6 nitrogen and oxygen atoms in total. The Labute approximate surface area is 174 Å². The highest BCUT2D eigenvalue weighted by atomic mass is 35.5. The fraction of sp³-hybridized carbons (Fsp3) is 0.316. The number of esters is 1. The molecule has 11 heteroatoms. The van der Waals surface area contributed by atoms with Crippen LogP contribution in [0.4, 0.5) is 17.6 Å². The average molecular weight is 449 g/mol. The topological polar surface area (TPSA) is 72.6 Å². The van der Waals surface area contributed by atoms with Crippen molar-refractivity contribution < 1.29 is 36.4 Å². The van der Waals surface area contributed by atoms with Gasteiger partial charge in [0.1, 0.15) is 11.5 Å². The first-order chi connectivity index (χ1) is 14.0. The van der Waals surface area contributed by atoms with E-state index in [1.54, 1.807) is 0 Å². The Morgan fingerprint density at radius 1 is 1.30 bits per heavy atom. The Kier molecular flexibility index (Phi) is 7.25. The summed E-state index contributed by atoms with van der Waals surface area (Å²) < 4.78 is 63.8. The Hall–Kier alpha value is -2.88. The molecule has 162 valence electrons. The molecule has 0 bridgehead atoms. The Balaban J connectivity index is 2.77. The maximum atomic E-state index is 14.4. The molecule has 1 aromatic heterocycles. The third-order valence-corrected chi connectivity index (χ3v) is 4.06. The van der Waals surface area contributed by atoms with Crippen LogP contribution in [0, 0.1) is 5.82 Å². The zero-order chi connectivity index (χ0) is 22.6. The summed E-state index contributed by atoms with van der Waals surface area (Å²) in [5, 5.41) is 3.52. The summed E-state index contributed by atoms with van der Waals surface area (Å²) in [6.07, 6.45) is -4.98. The van der Waals surface area contributed by atoms with E-state index >= 15 is 0 Å². The summed E-state index contributed by atoms with van der Waals surface area (Å²) in [7, 11) is 2.78. The number of nitrogens with zero attached hydrogens (tertiary/aromatic N) is 2. The first kappa shape index (κ1) is 23.4. The highest BCUT2D eigenvalue weighted by molar-refractivity contribution is 6.33. The Bertz CT molecular complexity index is 963. The number of hydrogen-bond acceptors (Lipinski definition) is 6. The van der Waals surface area contributed by atoms with Gasteiger partial charge in [0, 0.05) is 25.9 Å². The van der Waals surface area contributed by atoms with Crippen molar-refractivity contribution in [3.8, 4) is 11.3 Å². The molecule has 0 N–H and O–H groups in total. The van der Waals surface area contributed by atoms with Crippen molar-refractivity contribution in [3.05, 3.63) is 46.6 Å². The highest BCUT2D eigenvalue weighted by Crippen LogP contribution is 2.37. The van der Waals surface area contributed by atoms with Crippen molar-refractivity contribution in [3.63, 3.8) is 0 Å². The molecule has 30 heavy (non-hydrogen) atoms. The predicted molar refractivity (Wildman–Crippen MR) is 100.0 cm³/mol. The molecular weight excluding hydrogens is 432 g/mol. The molecule has 0 aliphatic carbocycles. The van der Waals surface area contributed by atoms with Crippen molar-refractivity contribution in [1.29, 1.82) is 0 Å². The van der Waals surface area contributed by atoms with Gasteiger partial charge in [-0.2, -0.15) is 13.2 Å². The number of Topliss-reactive ketones (excluding diaryl/α,β-unsaturated/α-hetero) is 1. The quantitative estimate of drug-likeness (QED) is 0.358. The number of rotatable bonds is 7. The summed E-state index contributed by atoms with van der Waals surface area (Å²) in [6, 6.07) is 3.71. The number of ether oxygens (including phenoxy) is 1. The molecule has 0 aliphatic rings. The minimum atomic E-state index is -5.23. The van der Waals surface area contributed by atoms with Crippen molar-refractivity contribution in [2.45, 2.75) is 19.5 Å². The molecule has 2 rings (SSSR count). The van der Waals surface area contributed by atoms with E-state index in [-0.39, 0.29) is 28.5 Å². The SMILES string of the molecule is CCOC(=O)Cc1c(-c2c(F)cccc2Cl)noc1C(=CN(C)C)C(=O)C(F)(F)F. The molecular formula is C19H17ClF4N2O4. The van der Waals surface area contributed by atoms with Gasteiger partial charge in [0.2, 0.25) is 0 Å². The molecule has 0 amide bonds. The summed E-state index contributed by atoms with van der Waals surface area (Å²) in [4.78, 5) is 25.3. The number of hydrogen-bond donors (Lipinski definition) is 0. The number of carbonyl (C=O) groups excluding carboxylic acids is 2. The van der Waals surface area contributed by atoms with E-state index in [0.29, 0.717) is 0 Å². The third-order valence-electron chi connectivity index (χ3n) is 3.75. The van der Waals surface area contributed by atoms with Crippen molar-refractivity contribution >= 4 is 28.9 Å². The Morgan fingerprint density at radius 3 is 2.50 bits per heavy atom. The van der Waals surface area contributed by atoms with Gasteiger partial charge >= 0.3 is 12.1 Å². The van der Waals surface area contributed by atoms with Crippen LogP contribution in [0.3, 0.4) is 0 Å². The number of benzene rings is 1. The second kappa shape index (κ2) is 9.29. The maximum Gasteiger partial charge on any atom is 0.455 e. The predicted octanol–water partition coefficient (Wildman–Crippen LogP) is 4.27. The number of halogens is 5. The fourth-order valence-electron chi connectivity index (χ4n) is 2.59. The molecule has 0 unspecified atom stereocenters. The van der Waals surface area contributed by atoms with Gasteiger partial charge in [-0.05, 0) is 19.1 Å². The van der Waals surface area contributed by atoms with Crippen molar-refractivity contribution in [1.82, 2.24) is 10.1 Å². The van der Waals surface area contributed by atoms with Crippen LogP contribution in [0.5, 0.6) is 0 Å². The molecule has 0 atom stereocenters. The van der Waals surface area contributed by atoms with Crippen molar-refractivity contribution in [2.75, 3.05) is 20.7 Å². The van der Waals surface area contributed by atoms with Crippen LogP contribution in [0.25, 0.3) is 16.8 Å². The van der Waals surface area contributed by atoms with Crippen LogP contribution in [-0.2, 0) is 20.7 Å². The van der Waals surface area contributed by atoms with Crippen LogP contribution in [0.2, 0.25) is 5.02 Å². The zero-order valence-electron chi connectivity index (χ0n) is 16.1. The smallest absolute Gasteiger partial charge is 0.455 e. The lowest BCUT2D eigenvalue weighted by Crippen LogP contribution is -2.25. The van der Waals surface area contributed by atoms with Crippen LogP contribution in [0.1, 0.15) is 18.2 Å². The van der Waals surface area contributed by atoms with Gasteiger partial charge in [-0.25, -0.2) is 4.39 Å². The van der Waals surface area contributed by atoms with Gasteiger partial charge in [-0.1, -0.05) is 22.8 Å². The minimum absolute atomic E-state index is 0.00287. The number of aromatic nitrogens is 1. The van der Waals surface area contributed by atoms with Crippen LogP contribution in [-0.4, -0.2) is 48.7 Å². The van der Waals surface area contributed by atoms with E-state index in [1.165, 1.54) is 38.1 Å². The summed E-state index contributed by atoms with van der Waals surface area (Å²) in [6.45, 7) is 1.53. The monoisotopic (exact) mass is 448 g/mol. The number of carbonyl (C=O) groups is 2. The maximum absolute atomic E-state index is 14.4. The van der Waals surface area contributed by atoms with Gasteiger partial charge < -0.3 is 14.2 Å². The van der Waals surface area contributed by atoms with E-state index in [9.17, 15) is 27.2 Å². The molecule has 0 saturated carbocycles. The van der Waals surface area contributed by atoms with Gasteiger partial charge in [0.05, 0.1) is 29.2 Å². The highest BCUT2D eigenvalue weighted by Gasteiger charge is 2.43. The zero-order valence-corrected chi connectivity index (χ0v) is 16.9.